The number of aromatic nitrogens is 2. The zero-order valence-corrected chi connectivity index (χ0v) is 11.6. The smallest absolute Gasteiger partial charge is 0.257 e. The first kappa shape index (κ1) is 13.6. The van der Waals surface area contributed by atoms with Crippen molar-refractivity contribution in [3.63, 3.8) is 0 Å². The lowest BCUT2D eigenvalue weighted by Crippen LogP contribution is -2.46. The van der Waals surface area contributed by atoms with Crippen molar-refractivity contribution < 1.29 is 9.59 Å². The molecule has 2 rings (SSSR count). The zero-order valence-electron chi connectivity index (χ0n) is 11.6. The van der Waals surface area contributed by atoms with Crippen LogP contribution in [0.4, 0.5) is 0 Å². The summed E-state index contributed by atoms with van der Waals surface area (Å²) in [7, 11) is 0. The third-order valence-corrected chi connectivity index (χ3v) is 3.53. The van der Waals surface area contributed by atoms with Crippen LogP contribution in [0.15, 0.2) is 0 Å². The van der Waals surface area contributed by atoms with Gasteiger partial charge in [-0.1, -0.05) is 0 Å². The van der Waals surface area contributed by atoms with Gasteiger partial charge < -0.3 is 10.2 Å². The van der Waals surface area contributed by atoms with E-state index < -0.39 is 0 Å². The minimum Gasteiger partial charge on any atom is -0.353 e. The Morgan fingerprint density at radius 2 is 1.95 bits per heavy atom. The van der Waals surface area contributed by atoms with Crippen molar-refractivity contribution in [2.45, 2.75) is 39.7 Å². The summed E-state index contributed by atoms with van der Waals surface area (Å²) in [4.78, 5) is 25.2. The van der Waals surface area contributed by atoms with Crippen molar-refractivity contribution in [2.24, 2.45) is 0 Å². The van der Waals surface area contributed by atoms with Gasteiger partial charge in [0.05, 0.1) is 11.3 Å². The van der Waals surface area contributed by atoms with Gasteiger partial charge in [0.25, 0.3) is 5.91 Å². The molecule has 1 aromatic heterocycles. The van der Waals surface area contributed by atoms with Gasteiger partial charge >= 0.3 is 0 Å². The van der Waals surface area contributed by atoms with Crippen LogP contribution in [-0.2, 0) is 4.79 Å². The molecule has 2 amide bonds. The molecule has 0 radical (unpaired) electrons. The summed E-state index contributed by atoms with van der Waals surface area (Å²) in [5.41, 5.74) is 2.23. The van der Waals surface area contributed by atoms with Crippen LogP contribution < -0.4 is 5.32 Å². The summed E-state index contributed by atoms with van der Waals surface area (Å²) in [6, 6.07) is 0.188. The number of carbonyl (C=O) groups is 2. The average Bonchev–Trinajstić information content (AvgIpc) is 2.68. The molecule has 0 unspecified atom stereocenters. The van der Waals surface area contributed by atoms with E-state index in [0.29, 0.717) is 18.7 Å². The zero-order chi connectivity index (χ0) is 14.0. The van der Waals surface area contributed by atoms with E-state index in [4.69, 9.17) is 0 Å². The van der Waals surface area contributed by atoms with Crippen molar-refractivity contribution in [3.05, 3.63) is 17.0 Å². The van der Waals surface area contributed by atoms with E-state index in [1.54, 1.807) is 0 Å². The number of H-pyrrole nitrogens is 1. The number of carbonyl (C=O) groups excluding carboxylic acids is 2. The molecule has 0 spiro atoms. The highest BCUT2D eigenvalue weighted by atomic mass is 16.2. The number of rotatable bonds is 2. The maximum absolute atomic E-state index is 12.4. The minimum absolute atomic E-state index is 0.00806. The maximum Gasteiger partial charge on any atom is 0.257 e. The van der Waals surface area contributed by atoms with Crippen molar-refractivity contribution in [1.82, 2.24) is 20.4 Å². The first-order chi connectivity index (χ1) is 8.99. The Hall–Kier alpha value is -1.85. The second kappa shape index (κ2) is 5.42. The van der Waals surface area contributed by atoms with Gasteiger partial charge in [-0.05, 0) is 26.7 Å². The third-order valence-electron chi connectivity index (χ3n) is 3.53. The van der Waals surface area contributed by atoms with E-state index in [1.807, 2.05) is 18.7 Å². The molecule has 1 aliphatic rings. The van der Waals surface area contributed by atoms with E-state index in [0.717, 1.165) is 24.2 Å². The molecular formula is C13H20N4O2. The number of amides is 2. The van der Waals surface area contributed by atoms with Gasteiger partial charge in [0, 0.05) is 31.7 Å². The summed E-state index contributed by atoms with van der Waals surface area (Å²) < 4.78 is 0. The first-order valence-corrected chi connectivity index (χ1v) is 6.57. The Labute approximate surface area is 112 Å². The Bertz CT molecular complexity index is 467. The lowest BCUT2D eigenvalue weighted by atomic mass is 10.0. The summed E-state index contributed by atoms with van der Waals surface area (Å²) in [5, 5.41) is 9.80. The van der Waals surface area contributed by atoms with Crippen LogP contribution in [0.1, 0.15) is 41.5 Å². The SMILES string of the molecule is CC(=O)NC1CCN(C(=O)c2c(C)n[nH]c2C)CC1. The van der Waals surface area contributed by atoms with Gasteiger partial charge in [0.2, 0.25) is 5.91 Å². The molecule has 0 aliphatic carbocycles. The molecule has 2 heterocycles. The van der Waals surface area contributed by atoms with Gasteiger partial charge in [0.15, 0.2) is 0 Å². The van der Waals surface area contributed by atoms with Crippen molar-refractivity contribution in [1.29, 1.82) is 0 Å². The number of hydrogen-bond acceptors (Lipinski definition) is 3. The second-order valence-corrected chi connectivity index (χ2v) is 5.08. The molecular weight excluding hydrogens is 244 g/mol. The Balaban J connectivity index is 1.98. The van der Waals surface area contributed by atoms with Crippen LogP contribution in [0.5, 0.6) is 0 Å². The van der Waals surface area contributed by atoms with Crippen molar-refractivity contribution in [3.8, 4) is 0 Å². The van der Waals surface area contributed by atoms with Crippen LogP contribution in [-0.4, -0.2) is 46.0 Å². The van der Waals surface area contributed by atoms with Crippen LogP contribution >= 0.6 is 0 Å². The highest BCUT2D eigenvalue weighted by Gasteiger charge is 2.26. The predicted octanol–water partition coefficient (Wildman–Crippen LogP) is 0.767. The number of hydrogen-bond donors (Lipinski definition) is 2. The lowest BCUT2D eigenvalue weighted by Gasteiger charge is -2.32. The number of nitrogens with zero attached hydrogens (tertiary/aromatic N) is 2. The van der Waals surface area contributed by atoms with Gasteiger partial charge in [-0.15, -0.1) is 0 Å². The topological polar surface area (TPSA) is 78.1 Å². The van der Waals surface area contributed by atoms with Gasteiger partial charge in [-0.2, -0.15) is 5.10 Å². The molecule has 1 fully saturated rings. The number of aromatic amines is 1. The quantitative estimate of drug-likeness (QED) is 0.828. The molecule has 1 saturated heterocycles. The average molecular weight is 264 g/mol. The molecule has 1 aliphatic heterocycles. The molecule has 0 bridgehead atoms. The highest BCUT2D eigenvalue weighted by molar-refractivity contribution is 5.96. The molecule has 6 heteroatoms. The summed E-state index contributed by atoms with van der Waals surface area (Å²) in [5.74, 6) is 0.0244. The minimum atomic E-state index is -0.00806. The Morgan fingerprint density at radius 3 is 2.42 bits per heavy atom. The summed E-state index contributed by atoms with van der Waals surface area (Å²) in [6.07, 6.45) is 1.61. The van der Waals surface area contributed by atoms with E-state index >= 15 is 0 Å². The van der Waals surface area contributed by atoms with Crippen LogP contribution in [0.3, 0.4) is 0 Å². The standard InChI is InChI=1S/C13H20N4O2/c1-8-12(9(2)16-15-8)13(19)17-6-4-11(5-7-17)14-10(3)18/h11H,4-7H2,1-3H3,(H,14,18)(H,15,16). The van der Waals surface area contributed by atoms with Gasteiger partial charge in [-0.3, -0.25) is 14.7 Å². The first-order valence-electron chi connectivity index (χ1n) is 6.57. The molecule has 0 saturated carbocycles. The molecule has 19 heavy (non-hydrogen) atoms. The molecule has 1 aromatic rings. The van der Waals surface area contributed by atoms with Crippen molar-refractivity contribution in [2.75, 3.05) is 13.1 Å². The fourth-order valence-corrected chi connectivity index (χ4v) is 2.54. The summed E-state index contributed by atoms with van der Waals surface area (Å²) in [6.45, 7) is 6.56. The second-order valence-electron chi connectivity index (χ2n) is 5.08. The van der Waals surface area contributed by atoms with Crippen LogP contribution in [0.25, 0.3) is 0 Å². The maximum atomic E-state index is 12.4. The summed E-state index contributed by atoms with van der Waals surface area (Å²) >= 11 is 0. The van der Waals surface area contributed by atoms with Gasteiger partial charge in [-0.25, -0.2) is 0 Å². The van der Waals surface area contributed by atoms with E-state index in [2.05, 4.69) is 15.5 Å². The fourth-order valence-electron chi connectivity index (χ4n) is 2.54. The number of aryl methyl sites for hydroxylation is 2. The number of nitrogens with one attached hydrogen (secondary N) is 2. The van der Waals surface area contributed by atoms with Crippen molar-refractivity contribution >= 4 is 11.8 Å². The van der Waals surface area contributed by atoms with E-state index in [9.17, 15) is 9.59 Å². The predicted molar refractivity (Wildman–Crippen MR) is 70.8 cm³/mol. The molecule has 2 N–H and O–H groups in total. The van der Waals surface area contributed by atoms with Crippen LogP contribution in [0.2, 0.25) is 0 Å². The van der Waals surface area contributed by atoms with Gasteiger partial charge in [0.1, 0.15) is 0 Å². The van der Waals surface area contributed by atoms with E-state index in [1.165, 1.54) is 6.92 Å². The Kier molecular flexibility index (Phi) is 3.87. The third kappa shape index (κ3) is 2.94. The number of likely N-dealkylation sites (tertiary alicyclic amines) is 1. The van der Waals surface area contributed by atoms with E-state index in [-0.39, 0.29) is 17.9 Å². The fraction of sp³-hybridized carbons (Fsp3) is 0.615. The molecule has 0 atom stereocenters. The monoisotopic (exact) mass is 264 g/mol. The molecule has 6 nitrogen and oxygen atoms in total. The van der Waals surface area contributed by atoms with Crippen LogP contribution in [0, 0.1) is 13.8 Å². The Morgan fingerprint density at radius 1 is 1.32 bits per heavy atom. The molecule has 104 valence electrons. The highest BCUT2D eigenvalue weighted by Crippen LogP contribution is 2.17. The lowest BCUT2D eigenvalue weighted by molar-refractivity contribution is -0.119. The molecule has 0 aromatic carbocycles. The normalized spacial score (nSPS) is 16.5. The largest absolute Gasteiger partial charge is 0.353 e. The number of piperidine rings is 1.